The van der Waals surface area contributed by atoms with Gasteiger partial charge in [0.1, 0.15) is 5.75 Å². The molecule has 100 valence electrons. The lowest BCUT2D eigenvalue weighted by Crippen LogP contribution is -2.25. The van der Waals surface area contributed by atoms with Crippen molar-refractivity contribution in [1.29, 1.82) is 0 Å². The highest BCUT2D eigenvalue weighted by Gasteiger charge is 2.05. The molecule has 1 amide bonds. The molecule has 0 unspecified atom stereocenters. The Kier molecular flexibility index (Phi) is 4.98. The van der Waals surface area contributed by atoms with E-state index in [1.807, 2.05) is 23.6 Å². The summed E-state index contributed by atoms with van der Waals surface area (Å²) in [6.07, 6.45) is 1.85. The number of thiophene rings is 1. The molecule has 0 saturated carbocycles. The lowest BCUT2D eigenvalue weighted by molar-refractivity contribution is -0.121. The Hall–Kier alpha value is -1.81. The molecule has 1 heterocycles. The summed E-state index contributed by atoms with van der Waals surface area (Å²) in [5.74, 6) is 0.286. The minimum absolute atomic E-state index is 0.0276. The number of aromatic hydroxyl groups is 1. The molecule has 0 aliphatic rings. The minimum Gasteiger partial charge on any atom is -0.508 e. The molecule has 3 nitrogen and oxygen atoms in total. The van der Waals surface area contributed by atoms with E-state index in [4.69, 9.17) is 0 Å². The average molecular weight is 275 g/mol. The van der Waals surface area contributed by atoms with Crippen LogP contribution in [-0.2, 0) is 17.6 Å². The first-order valence-electron chi connectivity index (χ1n) is 6.31. The minimum atomic E-state index is 0.0276. The number of hydrogen-bond acceptors (Lipinski definition) is 3. The van der Waals surface area contributed by atoms with E-state index in [1.165, 1.54) is 4.88 Å². The zero-order chi connectivity index (χ0) is 13.5. The third-order valence-corrected chi connectivity index (χ3v) is 3.82. The maximum atomic E-state index is 11.7. The molecule has 4 heteroatoms. The van der Waals surface area contributed by atoms with Crippen LogP contribution in [0.25, 0.3) is 0 Å². The van der Waals surface area contributed by atoms with E-state index in [-0.39, 0.29) is 11.7 Å². The van der Waals surface area contributed by atoms with Crippen molar-refractivity contribution in [3.63, 3.8) is 0 Å². The fraction of sp³-hybridized carbons (Fsp3) is 0.267. The number of aryl methyl sites for hydroxylation is 1. The van der Waals surface area contributed by atoms with Gasteiger partial charge in [0.15, 0.2) is 0 Å². The van der Waals surface area contributed by atoms with Crippen molar-refractivity contribution >= 4 is 17.2 Å². The van der Waals surface area contributed by atoms with Crippen molar-refractivity contribution in [2.45, 2.75) is 19.3 Å². The highest BCUT2D eigenvalue weighted by atomic mass is 32.1. The lowest BCUT2D eigenvalue weighted by Gasteiger charge is -2.05. The van der Waals surface area contributed by atoms with Crippen LogP contribution in [0.15, 0.2) is 41.8 Å². The summed E-state index contributed by atoms with van der Waals surface area (Å²) in [4.78, 5) is 12.9. The van der Waals surface area contributed by atoms with Gasteiger partial charge in [-0.3, -0.25) is 4.79 Å². The summed E-state index contributed by atoms with van der Waals surface area (Å²) in [6.45, 7) is 0.667. The Balaban J connectivity index is 1.69. The van der Waals surface area contributed by atoms with Gasteiger partial charge in [0.05, 0.1) is 0 Å². The summed E-state index contributed by atoms with van der Waals surface area (Å²) < 4.78 is 0. The lowest BCUT2D eigenvalue weighted by atomic mass is 10.1. The molecule has 2 rings (SSSR count). The van der Waals surface area contributed by atoms with Crippen molar-refractivity contribution in [2.75, 3.05) is 6.54 Å². The Bertz CT molecular complexity index is 523. The van der Waals surface area contributed by atoms with Gasteiger partial charge in [-0.2, -0.15) is 0 Å². The second-order valence-corrected chi connectivity index (χ2v) is 5.34. The number of para-hydroxylation sites is 1. The van der Waals surface area contributed by atoms with Crippen LogP contribution in [0, 0.1) is 0 Å². The molecule has 1 aromatic carbocycles. The van der Waals surface area contributed by atoms with Gasteiger partial charge in [0.25, 0.3) is 0 Å². The number of phenols is 1. The number of rotatable bonds is 6. The van der Waals surface area contributed by atoms with E-state index in [1.54, 1.807) is 23.5 Å². The van der Waals surface area contributed by atoms with E-state index in [2.05, 4.69) is 11.4 Å². The number of nitrogens with one attached hydrogen (secondary N) is 1. The average Bonchev–Trinajstić information content (AvgIpc) is 2.91. The Labute approximate surface area is 116 Å². The van der Waals surface area contributed by atoms with Crippen molar-refractivity contribution < 1.29 is 9.90 Å². The number of phenolic OH excluding ortho intramolecular Hbond substituents is 1. The van der Waals surface area contributed by atoms with Gasteiger partial charge in [0, 0.05) is 17.8 Å². The fourth-order valence-electron chi connectivity index (χ4n) is 1.84. The first-order chi connectivity index (χ1) is 9.25. The Morgan fingerprint density at radius 2 is 2.00 bits per heavy atom. The van der Waals surface area contributed by atoms with Gasteiger partial charge in [-0.05, 0) is 35.9 Å². The molecular formula is C15H17NO2S. The predicted octanol–water partition coefficient (Wildman–Crippen LogP) is 2.75. The molecule has 0 atom stereocenters. The van der Waals surface area contributed by atoms with Crippen LogP contribution in [0.2, 0.25) is 0 Å². The van der Waals surface area contributed by atoms with Crippen molar-refractivity contribution in [3.05, 3.63) is 52.2 Å². The normalized spacial score (nSPS) is 10.3. The topological polar surface area (TPSA) is 49.3 Å². The Morgan fingerprint density at radius 3 is 2.74 bits per heavy atom. The van der Waals surface area contributed by atoms with Crippen molar-refractivity contribution in [1.82, 2.24) is 5.32 Å². The van der Waals surface area contributed by atoms with Gasteiger partial charge in [-0.25, -0.2) is 0 Å². The third-order valence-electron chi connectivity index (χ3n) is 2.89. The molecule has 0 fully saturated rings. The highest BCUT2D eigenvalue weighted by molar-refractivity contribution is 7.09. The molecule has 2 N–H and O–H groups in total. The van der Waals surface area contributed by atoms with Gasteiger partial charge in [0.2, 0.25) is 5.91 Å². The summed E-state index contributed by atoms with van der Waals surface area (Å²) in [6, 6.07) is 11.2. The van der Waals surface area contributed by atoms with Crippen molar-refractivity contribution in [2.24, 2.45) is 0 Å². The zero-order valence-electron chi connectivity index (χ0n) is 10.6. The molecule has 0 aliphatic heterocycles. The molecule has 0 aliphatic carbocycles. The molecule has 0 radical (unpaired) electrons. The number of carbonyl (C=O) groups excluding carboxylic acids is 1. The second kappa shape index (κ2) is 6.95. The van der Waals surface area contributed by atoms with E-state index in [0.29, 0.717) is 19.4 Å². The van der Waals surface area contributed by atoms with Crippen LogP contribution in [0.3, 0.4) is 0 Å². The monoisotopic (exact) mass is 275 g/mol. The first-order valence-corrected chi connectivity index (χ1v) is 7.19. The standard InChI is InChI=1S/C15H17NO2S/c17-14-6-2-1-4-12(14)7-8-15(18)16-10-9-13-5-3-11-19-13/h1-6,11,17H,7-10H2,(H,16,18). The quantitative estimate of drug-likeness (QED) is 0.851. The van der Waals surface area contributed by atoms with Crippen LogP contribution in [0.5, 0.6) is 5.75 Å². The molecule has 19 heavy (non-hydrogen) atoms. The fourth-order valence-corrected chi connectivity index (χ4v) is 2.55. The van der Waals surface area contributed by atoms with Crippen LogP contribution in [0.1, 0.15) is 16.9 Å². The van der Waals surface area contributed by atoms with Crippen LogP contribution in [-0.4, -0.2) is 17.6 Å². The van der Waals surface area contributed by atoms with Gasteiger partial charge >= 0.3 is 0 Å². The molecule has 0 saturated heterocycles. The van der Waals surface area contributed by atoms with Crippen LogP contribution >= 0.6 is 11.3 Å². The number of amides is 1. The van der Waals surface area contributed by atoms with Crippen molar-refractivity contribution in [3.8, 4) is 5.75 Å². The molecular weight excluding hydrogens is 258 g/mol. The van der Waals surface area contributed by atoms with E-state index in [0.717, 1.165) is 12.0 Å². The predicted molar refractivity (Wildman–Crippen MR) is 77.5 cm³/mol. The summed E-state index contributed by atoms with van der Waals surface area (Å²) in [5, 5.41) is 14.5. The van der Waals surface area contributed by atoms with E-state index < -0.39 is 0 Å². The number of carbonyl (C=O) groups is 1. The van der Waals surface area contributed by atoms with Gasteiger partial charge in [-0.1, -0.05) is 24.3 Å². The molecule has 0 spiro atoms. The van der Waals surface area contributed by atoms with Crippen LogP contribution < -0.4 is 5.32 Å². The maximum Gasteiger partial charge on any atom is 0.220 e. The summed E-state index contributed by atoms with van der Waals surface area (Å²) in [5.41, 5.74) is 0.816. The summed E-state index contributed by atoms with van der Waals surface area (Å²) >= 11 is 1.70. The Morgan fingerprint density at radius 1 is 1.16 bits per heavy atom. The van der Waals surface area contributed by atoms with E-state index >= 15 is 0 Å². The SMILES string of the molecule is O=C(CCc1ccccc1O)NCCc1cccs1. The van der Waals surface area contributed by atoms with Crippen LogP contribution in [0.4, 0.5) is 0 Å². The van der Waals surface area contributed by atoms with Gasteiger partial charge < -0.3 is 10.4 Å². The smallest absolute Gasteiger partial charge is 0.220 e. The number of hydrogen-bond donors (Lipinski definition) is 2. The van der Waals surface area contributed by atoms with Gasteiger partial charge in [-0.15, -0.1) is 11.3 Å². The maximum absolute atomic E-state index is 11.7. The molecule has 0 bridgehead atoms. The second-order valence-electron chi connectivity index (χ2n) is 4.31. The first kappa shape index (κ1) is 13.6. The van der Waals surface area contributed by atoms with E-state index in [9.17, 15) is 9.90 Å². The third kappa shape index (κ3) is 4.41. The summed E-state index contributed by atoms with van der Waals surface area (Å²) in [7, 11) is 0. The molecule has 2 aromatic rings. The highest BCUT2D eigenvalue weighted by Crippen LogP contribution is 2.17. The number of benzene rings is 1. The largest absolute Gasteiger partial charge is 0.508 e. The molecule has 1 aromatic heterocycles. The zero-order valence-corrected chi connectivity index (χ0v) is 11.5.